The summed E-state index contributed by atoms with van der Waals surface area (Å²) in [4.78, 5) is 11.7. The summed E-state index contributed by atoms with van der Waals surface area (Å²) in [5.74, 6) is -0.602. The van der Waals surface area contributed by atoms with Gasteiger partial charge in [0.15, 0.2) is 0 Å². The van der Waals surface area contributed by atoms with Gasteiger partial charge in [0.1, 0.15) is 5.75 Å². The SMILES string of the molecule is O=C1NNN(c2ccc(OC(F)(F)F)cc2)c2ccccc21. The van der Waals surface area contributed by atoms with Crippen molar-refractivity contribution in [3.63, 3.8) is 0 Å². The molecule has 2 aromatic rings. The molecule has 5 nitrogen and oxygen atoms in total. The van der Waals surface area contributed by atoms with Crippen molar-refractivity contribution in [2.24, 2.45) is 0 Å². The molecule has 0 spiro atoms. The fourth-order valence-electron chi connectivity index (χ4n) is 2.10. The van der Waals surface area contributed by atoms with E-state index >= 15 is 0 Å². The number of nitrogens with one attached hydrogen (secondary N) is 2. The molecule has 2 N–H and O–H groups in total. The van der Waals surface area contributed by atoms with Gasteiger partial charge in [-0.05, 0) is 36.4 Å². The highest BCUT2D eigenvalue weighted by atomic mass is 19.4. The van der Waals surface area contributed by atoms with Crippen molar-refractivity contribution in [2.75, 3.05) is 5.01 Å². The number of ether oxygens (including phenoxy) is 1. The van der Waals surface area contributed by atoms with Gasteiger partial charge in [0.2, 0.25) is 0 Å². The molecule has 0 aromatic heterocycles. The van der Waals surface area contributed by atoms with Crippen molar-refractivity contribution in [1.82, 2.24) is 11.0 Å². The van der Waals surface area contributed by atoms with Crippen LogP contribution in [0.5, 0.6) is 5.75 Å². The molecule has 1 aliphatic rings. The Morgan fingerprint density at radius 1 is 1.00 bits per heavy atom. The quantitative estimate of drug-likeness (QED) is 0.895. The number of carbonyl (C=O) groups is 1. The van der Waals surface area contributed by atoms with Crippen LogP contribution in [0, 0.1) is 0 Å². The fourth-order valence-corrected chi connectivity index (χ4v) is 2.10. The molecule has 1 amide bonds. The number of nitrogens with zero attached hydrogens (tertiary/aromatic N) is 1. The molecular weight excluding hydrogens is 299 g/mol. The average molecular weight is 309 g/mol. The number of amides is 1. The van der Waals surface area contributed by atoms with E-state index in [2.05, 4.69) is 15.7 Å². The molecule has 2 aromatic carbocycles. The maximum Gasteiger partial charge on any atom is 0.573 e. The summed E-state index contributed by atoms with van der Waals surface area (Å²) in [6, 6.07) is 12.1. The monoisotopic (exact) mass is 309 g/mol. The van der Waals surface area contributed by atoms with Crippen LogP contribution in [0.1, 0.15) is 10.4 Å². The van der Waals surface area contributed by atoms with Crippen molar-refractivity contribution in [1.29, 1.82) is 0 Å². The molecule has 22 heavy (non-hydrogen) atoms. The predicted molar refractivity (Wildman–Crippen MR) is 72.3 cm³/mol. The third-order valence-electron chi connectivity index (χ3n) is 3.00. The Morgan fingerprint density at radius 2 is 1.68 bits per heavy atom. The number of benzene rings is 2. The van der Waals surface area contributed by atoms with Crippen LogP contribution >= 0.6 is 0 Å². The van der Waals surface area contributed by atoms with E-state index < -0.39 is 6.36 Å². The number of carbonyl (C=O) groups excluding carboxylic acids is 1. The summed E-state index contributed by atoms with van der Waals surface area (Å²) >= 11 is 0. The minimum Gasteiger partial charge on any atom is -0.406 e. The van der Waals surface area contributed by atoms with Crippen LogP contribution in [0.2, 0.25) is 0 Å². The van der Waals surface area contributed by atoms with Crippen LogP contribution in [-0.2, 0) is 0 Å². The van der Waals surface area contributed by atoms with Gasteiger partial charge in [0.05, 0.1) is 16.9 Å². The molecule has 1 heterocycles. The number of alkyl halides is 3. The number of hydrogen-bond acceptors (Lipinski definition) is 4. The first kappa shape index (κ1) is 14.2. The van der Waals surface area contributed by atoms with Crippen LogP contribution in [0.25, 0.3) is 0 Å². The average Bonchev–Trinajstić information content (AvgIpc) is 2.48. The second kappa shape index (κ2) is 5.23. The van der Waals surface area contributed by atoms with Gasteiger partial charge in [-0.2, -0.15) is 0 Å². The number of para-hydroxylation sites is 1. The molecule has 8 heteroatoms. The van der Waals surface area contributed by atoms with Gasteiger partial charge in [0.25, 0.3) is 5.91 Å². The van der Waals surface area contributed by atoms with Crippen LogP contribution < -0.4 is 20.7 Å². The summed E-state index contributed by atoms with van der Waals surface area (Å²) in [6.07, 6.45) is -4.73. The van der Waals surface area contributed by atoms with Gasteiger partial charge in [-0.25, -0.2) is 0 Å². The van der Waals surface area contributed by atoms with E-state index in [-0.39, 0.29) is 11.7 Å². The van der Waals surface area contributed by atoms with Gasteiger partial charge >= 0.3 is 6.36 Å². The Morgan fingerprint density at radius 3 is 2.36 bits per heavy atom. The van der Waals surface area contributed by atoms with E-state index in [0.29, 0.717) is 16.9 Å². The van der Waals surface area contributed by atoms with E-state index in [1.807, 2.05) is 0 Å². The predicted octanol–water partition coefficient (Wildman–Crippen LogP) is 2.89. The lowest BCUT2D eigenvalue weighted by Gasteiger charge is -2.31. The maximum atomic E-state index is 12.1. The number of rotatable bonds is 2. The Labute approximate surface area is 123 Å². The molecule has 0 saturated heterocycles. The Balaban J connectivity index is 1.89. The summed E-state index contributed by atoms with van der Waals surface area (Å²) in [5.41, 5.74) is 6.74. The van der Waals surface area contributed by atoms with Crippen molar-refractivity contribution in [3.8, 4) is 5.75 Å². The molecule has 1 aliphatic heterocycles. The first-order chi connectivity index (χ1) is 10.4. The van der Waals surface area contributed by atoms with E-state index in [9.17, 15) is 18.0 Å². The Hall–Kier alpha value is -2.74. The summed E-state index contributed by atoms with van der Waals surface area (Å²) in [6.45, 7) is 0. The molecular formula is C14H10F3N3O2. The molecule has 0 saturated carbocycles. The zero-order valence-corrected chi connectivity index (χ0v) is 11.0. The minimum absolute atomic E-state index is 0.288. The number of hydrazine groups is 2. The Bertz CT molecular complexity index is 701. The highest BCUT2D eigenvalue weighted by Crippen LogP contribution is 2.31. The standard InChI is InChI=1S/C14H10F3N3O2/c15-14(16,17)22-10-7-5-9(6-8-10)20-12-4-2-1-3-11(12)13(21)18-19-20/h1-8,19H,(H,18,21). The van der Waals surface area contributed by atoms with Gasteiger partial charge in [-0.3, -0.25) is 15.2 Å². The van der Waals surface area contributed by atoms with Crippen molar-refractivity contribution >= 4 is 17.3 Å². The highest BCUT2D eigenvalue weighted by Gasteiger charge is 2.31. The molecule has 0 aliphatic carbocycles. The zero-order chi connectivity index (χ0) is 15.7. The zero-order valence-electron chi connectivity index (χ0n) is 11.0. The summed E-state index contributed by atoms with van der Waals surface area (Å²) in [7, 11) is 0. The van der Waals surface area contributed by atoms with Crippen LogP contribution in [0.4, 0.5) is 24.5 Å². The van der Waals surface area contributed by atoms with E-state index in [4.69, 9.17) is 0 Å². The Kier molecular flexibility index (Phi) is 3.38. The smallest absolute Gasteiger partial charge is 0.406 e. The molecule has 0 unspecified atom stereocenters. The third-order valence-corrected chi connectivity index (χ3v) is 3.00. The van der Waals surface area contributed by atoms with E-state index in [1.54, 1.807) is 29.3 Å². The first-order valence-electron chi connectivity index (χ1n) is 6.25. The van der Waals surface area contributed by atoms with E-state index in [1.165, 1.54) is 24.3 Å². The van der Waals surface area contributed by atoms with Crippen LogP contribution in [-0.4, -0.2) is 12.3 Å². The van der Waals surface area contributed by atoms with Crippen molar-refractivity contribution < 1.29 is 22.7 Å². The number of halogens is 3. The highest BCUT2D eigenvalue weighted by molar-refractivity contribution is 6.01. The van der Waals surface area contributed by atoms with Gasteiger partial charge in [0, 0.05) is 0 Å². The second-order valence-corrected chi connectivity index (χ2v) is 4.46. The second-order valence-electron chi connectivity index (χ2n) is 4.46. The molecule has 0 bridgehead atoms. The molecule has 0 fully saturated rings. The topological polar surface area (TPSA) is 53.6 Å². The van der Waals surface area contributed by atoms with Crippen molar-refractivity contribution in [3.05, 3.63) is 54.1 Å². The number of fused-ring (bicyclic) bond motifs is 1. The third kappa shape index (κ3) is 2.82. The molecule has 3 rings (SSSR count). The summed E-state index contributed by atoms with van der Waals surface area (Å²) < 4.78 is 40.3. The lowest BCUT2D eigenvalue weighted by atomic mass is 10.1. The van der Waals surface area contributed by atoms with Gasteiger partial charge in [-0.1, -0.05) is 12.1 Å². The lowest BCUT2D eigenvalue weighted by Crippen LogP contribution is -2.51. The number of anilines is 2. The largest absolute Gasteiger partial charge is 0.573 e. The molecule has 114 valence electrons. The van der Waals surface area contributed by atoms with Gasteiger partial charge < -0.3 is 4.74 Å². The number of hydrogen-bond donors (Lipinski definition) is 2. The van der Waals surface area contributed by atoms with Crippen molar-refractivity contribution in [2.45, 2.75) is 6.36 Å². The normalized spacial score (nSPS) is 14.3. The lowest BCUT2D eigenvalue weighted by molar-refractivity contribution is -0.274. The minimum atomic E-state index is -4.73. The summed E-state index contributed by atoms with van der Waals surface area (Å²) in [5, 5.41) is 1.55. The molecule has 0 radical (unpaired) electrons. The van der Waals surface area contributed by atoms with Crippen LogP contribution in [0.3, 0.4) is 0 Å². The van der Waals surface area contributed by atoms with Crippen LogP contribution in [0.15, 0.2) is 48.5 Å². The maximum absolute atomic E-state index is 12.1. The van der Waals surface area contributed by atoms with Gasteiger partial charge in [-0.15, -0.1) is 18.7 Å². The molecule has 0 atom stereocenters. The first-order valence-corrected chi connectivity index (χ1v) is 6.25. The van der Waals surface area contributed by atoms with E-state index in [0.717, 1.165) is 0 Å². The fraction of sp³-hybridized carbons (Fsp3) is 0.0714.